The Morgan fingerprint density at radius 1 is 1.28 bits per heavy atom. The van der Waals surface area contributed by atoms with Crippen molar-refractivity contribution in [3.63, 3.8) is 0 Å². The lowest BCUT2D eigenvalue weighted by Gasteiger charge is -2.12. The fraction of sp³-hybridized carbons (Fsp3) is 0.150. The Labute approximate surface area is 164 Å². The van der Waals surface area contributed by atoms with Crippen LogP contribution in [0, 0.1) is 6.92 Å². The molecule has 0 aliphatic rings. The molecule has 9 heteroatoms. The molecule has 0 amide bonds. The Kier molecular flexibility index (Phi) is 4.34. The summed E-state index contributed by atoms with van der Waals surface area (Å²) in [4.78, 5) is 26.4. The third kappa shape index (κ3) is 3.02. The highest BCUT2D eigenvalue weighted by atomic mass is 16.5. The van der Waals surface area contributed by atoms with Crippen LogP contribution in [0.25, 0.3) is 27.5 Å². The predicted octanol–water partition coefficient (Wildman–Crippen LogP) is 0.895. The van der Waals surface area contributed by atoms with E-state index in [0.717, 1.165) is 11.3 Å². The number of H-pyrrole nitrogens is 1. The van der Waals surface area contributed by atoms with Gasteiger partial charge in [-0.25, -0.2) is 4.68 Å². The van der Waals surface area contributed by atoms with Gasteiger partial charge in [0, 0.05) is 12.1 Å². The van der Waals surface area contributed by atoms with Gasteiger partial charge in [0.25, 0.3) is 5.56 Å². The molecule has 2 aromatic carbocycles. The second-order valence-electron chi connectivity index (χ2n) is 6.47. The molecule has 0 bridgehead atoms. The first-order chi connectivity index (χ1) is 13.9. The molecule has 9 nitrogen and oxygen atoms in total. The van der Waals surface area contributed by atoms with Crippen molar-refractivity contribution in [1.82, 2.24) is 14.8 Å². The van der Waals surface area contributed by atoms with Gasteiger partial charge in [-0.15, -0.1) is 0 Å². The number of aromatic nitrogens is 3. The zero-order chi connectivity index (χ0) is 20.7. The number of ether oxygens (including phenoxy) is 2. The minimum absolute atomic E-state index is 0.166. The summed E-state index contributed by atoms with van der Waals surface area (Å²) in [5, 5.41) is 16.1. The normalized spacial score (nSPS) is 11.1. The SMILES string of the molecule is COc1cc(OCC(=O)[O-])c2c(c1)[nH]c(=O)c1c(N)n(-c3ccccc3C)nc12. The summed E-state index contributed by atoms with van der Waals surface area (Å²) in [5.74, 6) is -0.655. The molecule has 0 atom stereocenters. The number of nitrogens with zero attached hydrogens (tertiary/aromatic N) is 2. The third-order valence-electron chi connectivity index (χ3n) is 4.63. The summed E-state index contributed by atoms with van der Waals surface area (Å²) in [6, 6.07) is 10.6. The first-order valence-electron chi connectivity index (χ1n) is 8.71. The van der Waals surface area contributed by atoms with E-state index in [-0.39, 0.29) is 17.0 Å². The molecule has 4 rings (SSSR count). The molecule has 0 unspecified atom stereocenters. The molecule has 29 heavy (non-hydrogen) atoms. The summed E-state index contributed by atoms with van der Waals surface area (Å²) in [5.41, 5.74) is 8.16. The number of fused-ring (bicyclic) bond motifs is 3. The van der Waals surface area contributed by atoms with Crippen LogP contribution < -0.4 is 25.9 Å². The number of carbonyl (C=O) groups is 1. The smallest absolute Gasteiger partial charge is 0.261 e. The van der Waals surface area contributed by atoms with Crippen molar-refractivity contribution >= 4 is 33.6 Å². The van der Waals surface area contributed by atoms with Crippen LogP contribution in [0.15, 0.2) is 41.2 Å². The summed E-state index contributed by atoms with van der Waals surface area (Å²) in [7, 11) is 1.45. The monoisotopic (exact) mass is 393 g/mol. The minimum atomic E-state index is -1.38. The van der Waals surface area contributed by atoms with Crippen LogP contribution in [-0.2, 0) is 4.79 Å². The van der Waals surface area contributed by atoms with Crippen LogP contribution in [0.1, 0.15) is 5.56 Å². The number of pyridine rings is 1. The van der Waals surface area contributed by atoms with Crippen molar-refractivity contribution in [2.24, 2.45) is 0 Å². The maximum Gasteiger partial charge on any atom is 0.261 e. The number of nitrogens with one attached hydrogen (secondary N) is 1. The van der Waals surface area contributed by atoms with Crippen molar-refractivity contribution in [3.8, 4) is 17.2 Å². The van der Waals surface area contributed by atoms with Crippen LogP contribution in [0.2, 0.25) is 0 Å². The number of anilines is 1. The maximum atomic E-state index is 12.7. The van der Waals surface area contributed by atoms with E-state index in [0.29, 0.717) is 22.2 Å². The number of nitrogen functional groups attached to an aromatic ring is 1. The van der Waals surface area contributed by atoms with Gasteiger partial charge in [0.2, 0.25) is 0 Å². The Balaban J connectivity index is 2.09. The Bertz CT molecular complexity index is 1320. The predicted molar refractivity (Wildman–Crippen MR) is 105 cm³/mol. The summed E-state index contributed by atoms with van der Waals surface area (Å²) >= 11 is 0. The van der Waals surface area contributed by atoms with Crippen LogP contribution in [0.5, 0.6) is 11.5 Å². The Hall–Kier alpha value is -4.01. The number of carbonyl (C=O) groups excluding carboxylic acids is 1. The molecule has 0 aliphatic carbocycles. The molecule has 0 saturated heterocycles. The highest BCUT2D eigenvalue weighted by Crippen LogP contribution is 2.36. The van der Waals surface area contributed by atoms with Gasteiger partial charge in [-0.05, 0) is 18.6 Å². The molecule has 2 aromatic heterocycles. The second kappa shape index (κ2) is 6.86. The Morgan fingerprint density at radius 2 is 2.03 bits per heavy atom. The summed E-state index contributed by atoms with van der Waals surface area (Å²) < 4.78 is 12.1. The second-order valence-corrected chi connectivity index (χ2v) is 6.47. The molecule has 0 spiro atoms. The number of hydrogen-bond donors (Lipinski definition) is 2. The topological polar surface area (TPSA) is 135 Å². The summed E-state index contributed by atoms with van der Waals surface area (Å²) in [6.45, 7) is 1.24. The molecule has 3 N–H and O–H groups in total. The van der Waals surface area contributed by atoms with E-state index in [4.69, 9.17) is 15.2 Å². The molecule has 0 radical (unpaired) electrons. The number of carboxylic acid groups (broad SMARTS) is 1. The van der Waals surface area contributed by atoms with E-state index >= 15 is 0 Å². The fourth-order valence-corrected chi connectivity index (χ4v) is 3.30. The van der Waals surface area contributed by atoms with Crippen LogP contribution in [-0.4, -0.2) is 34.5 Å². The van der Waals surface area contributed by atoms with Gasteiger partial charge in [0.05, 0.1) is 29.7 Å². The molecule has 0 saturated carbocycles. The van der Waals surface area contributed by atoms with E-state index in [1.807, 2.05) is 31.2 Å². The van der Waals surface area contributed by atoms with Gasteiger partial charge in [-0.2, -0.15) is 5.10 Å². The average Bonchev–Trinajstić information content (AvgIpc) is 3.03. The first-order valence-corrected chi connectivity index (χ1v) is 8.71. The minimum Gasteiger partial charge on any atom is -0.546 e. The Morgan fingerprint density at radius 3 is 2.72 bits per heavy atom. The molecular formula is C20H17N4O5-. The van der Waals surface area contributed by atoms with Gasteiger partial charge < -0.3 is 30.1 Å². The number of nitrogens with two attached hydrogens (primary N) is 1. The van der Waals surface area contributed by atoms with E-state index in [2.05, 4.69) is 10.1 Å². The zero-order valence-electron chi connectivity index (χ0n) is 15.7. The maximum absolute atomic E-state index is 12.7. The van der Waals surface area contributed by atoms with Crippen LogP contribution in [0.3, 0.4) is 0 Å². The molecule has 148 valence electrons. The van der Waals surface area contributed by atoms with Crippen molar-refractivity contribution < 1.29 is 19.4 Å². The lowest BCUT2D eigenvalue weighted by molar-refractivity contribution is -0.307. The number of aliphatic carboxylic acids is 1. The van der Waals surface area contributed by atoms with Crippen molar-refractivity contribution in [2.45, 2.75) is 6.92 Å². The van der Waals surface area contributed by atoms with Gasteiger partial charge in [-0.3, -0.25) is 4.79 Å². The zero-order valence-corrected chi connectivity index (χ0v) is 15.7. The molecule has 0 aliphatic heterocycles. The first kappa shape index (κ1) is 18.4. The number of benzene rings is 2. The lowest BCUT2D eigenvalue weighted by Crippen LogP contribution is -2.29. The van der Waals surface area contributed by atoms with Crippen LogP contribution >= 0.6 is 0 Å². The van der Waals surface area contributed by atoms with Crippen LogP contribution in [0.4, 0.5) is 5.82 Å². The van der Waals surface area contributed by atoms with Crippen molar-refractivity contribution in [1.29, 1.82) is 0 Å². The van der Waals surface area contributed by atoms with E-state index in [1.165, 1.54) is 17.9 Å². The van der Waals surface area contributed by atoms with Gasteiger partial charge in [-0.1, -0.05) is 18.2 Å². The summed E-state index contributed by atoms with van der Waals surface area (Å²) in [6.07, 6.45) is 0. The number of aryl methyl sites for hydroxylation is 1. The van der Waals surface area contributed by atoms with Gasteiger partial charge in [0.1, 0.15) is 34.8 Å². The highest BCUT2D eigenvalue weighted by Gasteiger charge is 2.20. The number of methoxy groups -OCH3 is 1. The van der Waals surface area contributed by atoms with E-state index in [1.54, 1.807) is 6.07 Å². The highest BCUT2D eigenvalue weighted by molar-refractivity contribution is 6.10. The third-order valence-corrected chi connectivity index (χ3v) is 4.63. The largest absolute Gasteiger partial charge is 0.546 e. The van der Waals surface area contributed by atoms with Gasteiger partial charge >= 0.3 is 0 Å². The molecule has 2 heterocycles. The number of para-hydroxylation sites is 1. The fourth-order valence-electron chi connectivity index (χ4n) is 3.30. The molecule has 4 aromatic rings. The average molecular weight is 393 g/mol. The van der Waals surface area contributed by atoms with Crippen molar-refractivity contribution in [2.75, 3.05) is 19.5 Å². The van der Waals surface area contributed by atoms with E-state index in [9.17, 15) is 14.7 Å². The van der Waals surface area contributed by atoms with Gasteiger partial charge in [0.15, 0.2) is 0 Å². The number of carboxylic acids is 1. The van der Waals surface area contributed by atoms with E-state index < -0.39 is 18.1 Å². The molecule has 0 fully saturated rings. The standard InChI is InChI=1S/C20H18N4O5/c1-10-5-3-4-6-13(10)24-19(21)17-18(23-24)16-12(22-20(17)27)7-11(28-2)8-14(16)29-9-15(25)26/h3-8H,9,21H2,1-2H3,(H,22,27)(H,25,26)/p-1. The number of rotatable bonds is 5. The molecular weight excluding hydrogens is 376 g/mol. The number of hydrogen-bond acceptors (Lipinski definition) is 7. The quantitative estimate of drug-likeness (QED) is 0.514. The van der Waals surface area contributed by atoms with Crippen molar-refractivity contribution in [3.05, 3.63) is 52.3 Å². The lowest BCUT2D eigenvalue weighted by atomic mass is 10.1. The number of aromatic amines is 1.